The maximum atomic E-state index is 5.15. The summed E-state index contributed by atoms with van der Waals surface area (Å²) in [6, 6.07) is 0. The maximum Gasteiger partial charge on any atom is 0.0109 e. The van der Waals surface area contributed by atoms with E-state index in [2.05, 4.69) is 0 Å². The molecule has 0 aliphatic carbocycles. The molecule has 0 aliphatic heterocycles. The van der Waals surface area contributed by atoms with Crippen LogP contribution in [0.25, 0.3) is 0 Å². The van der Waals surface area contributed by atoms with Crippen molar-refractivity contribution in [1.29, 1.82) is 0 Å². The first-order chi connectivity index (χ1) is 3.41. The Hall–Kier alpha value is -0.560. The number of allylic oxidation sites excluding steroid dienone is 3. The summed E-state index contributed by atoms with van der Waals surface area (Å²) in [5.74, 6) is 0. The fraction of sp³-hybridized carbons (Fsp3) is 0.333. The fourth-order valence-electron chi connectivity index (χ4n) is 0.268. The van der Waals surface area contributed by atoms with Gasteiger partial charge in [0.25, 0.3) is 0 Å². The number of hydrogen-bond acceptors (Lipinski definition) is 1. The van der Waals surface area contributed by atoms with Crippen molar-refractivity contribution in [2.75, 3.05) is 6.54 Å². The van der Waals surface area contributed by atoms with Crippen molar-refractivity contribution in [3.63, 3.8) is 0 Å². The first kappa shape index (κ1) is 6.44. The van der Waals surface area contributed by atoms with Gasteiger partial charge in [0.05, 0.1) is 0 Å². The Balaban J connectivity index is 3.09. The average molecular weight is 97.2 g/mol. The summed E-state index contributed by atoms with van der Waals surface area (Å²) < 4.78 is 0. The van der Waals surface area contributed by atoms with Gasteiger partial charge < -0.3 is 5.73 Å². The van der Waals surface area contributed by atoms with Gasteiger partial charge in [0, 0.05) is 6.54 Å². The van der Waals surface area contributed by atoms with Crippen LogP contribution in [0.3, 0.4) is 0 Å². The lowest BCUT2D eigenvalue weighted by Gasteiger charge is -1.71. The van der Waals surface area contributed by atoms with Gasteiger partial charge in [0.15, 0.2) is 0 Å². The third kappa shape index (κ3) is 5.44. The summed E-state index contributed by atoms with van der Waals surface area (Å²) >= 11 is 0. The maximum absolute atomic E-state index is 5.15. The minimum Gasteiger partial charge on any atom is -0.327 e. The van der Waals surface area contributed by atoms with Gasteiger partial charge in [-0.1, -0.05) is 24.3 Å². The molecule has 0 spiro atoms. The molecule has 0 aliphatic rings. The van der Waals surface area contributed by atoms with E-state index >= 15 is 0 Å². The van der Waals surface area contributed by atoms with Gasteiger partial charge in [-0.25, -0.2) is 0 Å². The number of nitrogens with two attached hydrogens (primary N) is 1. The Kier molecular flexibility index (Phi) is 5.00. The second-order valence-electron chi connectivity index (χ2n) is 1.19. The molecule has 0 aromatic rings. The minimum absolute atomic E-state index is 0.629. The quantitative estimate of drug-likeness (QED) is 0.512. The van der Waals surface area contributed by atoms with Crippen LogP contribution in [-0.4, -0.2) is 6.54 Å². The van der Waals surface area contributed by atoms with Crippen molar-refractivity contribution in [3.8, 4) is 0 Å². The SMILES string of the molecule is C/C=C/C=C/CN. The Bertz CT molecular complexity index is 72.2. The van der Waals surface area contributed by atoms with Gasteiger partial charge in [0.2, 0.25) is 0 Å². The van der Waals surface area contributed by atoms with Crippen LogP contribution in [0.2, 0.25) is 0 Å². The minimum atomic E-state index is 0.629. The lowest BCUT2D eigenvalue weighted by Crippen LogP contribution is -1.91. The first-order valence-electron chi connectivity index (χ1n) is 2.39. The lowest BCUT2D eigenvalue weighted by atomic mass is 10.4. The normalized spacial score (nSPS) is 11.7. The van der Waals surface area contributed by atoms with E-state index in [1.54, 1.807) is 0 Å². The monoisotopic (exact) mass is 97.1 g/mol. The molecule has 0 unspecified atom stereocenters. The molecule has 40 valence electrons. The van der Waals surface area contributed by atoms with E-state index < -0.39 is 0 Å². The molecule has 0 amide bonds. The molecule has 0 bridgehead atoms. The molecule has 0 aromatic carbocycles. The van der Waals surface area contributed by atoms with Crippen LogP contribution in [0.4, 0.5) is 0 Å². The molecule has 0 heterocycles. The van der Waals surface area contributed by atoms with Crippen molar-refractivity contribution in [1.82, 2.24) is 0 Å². The second kappa shape index (κ2) is 5.44. The van der Waals surface area contributed by atoms with E-state index in [1.165, 1.54) is 0 Å². The van der Waals surface area contributed by atoms with Gasteiger partial charge in [-0.15, -0.1) is 0 Å². The largest absolute Gasteiger partial charge is 0.327 e. The summed E-state index contributed by atoms with van der Waals surface area (Å²) in [7, 11) is 0. The molecule has 0 aromatic heterocycles. The van der Waals surface area contributed by atoms with Crippen molar-refractivity contribution >= 4 is 0 Å². The van der Waals surface area contributed by atoms with Crippen LogP contribution >= 0.6 is 0 Å². The van der Waals surface area contributed by atoms with Crippen LogP contribution < -0.4 is 5.73 Å². The molecule has 0 fully saturated rings. The van der Waals surface area contributed by atoms with Crippen LogP contribution in [0.1, 0.15) is 6.92 Å². The average Bonchev–Trinajstić information content (AvgIpc) is 1.69. The van der Waals surface area contributed by atoms with E-state index in [0.29, 0.717) is 6.54 Å². The summed E-state index contributed by atoms with van der Waals surface area (Å²) in [5.41, 5.74) is 5.15. The number of hydrogen-bond donors (Lipinski definition) is 1. The highest BCUT2D eigenvalue weighted by atomic mass is 14.5. The Morgan fingerprint density at radius 3 is 2.57 bits per heavy atom. The molecule has 1 heteroatoms. The molecular formula is C6H11N. The summed E-state index contributed by atoms with van der Waals surface area (Å²) in [6.07, 6.45) is 7.75. The number of rotatable bonds is 2. The molecular weight excluding hydrogens is 86.1 g/mol. The van der Waals surface area contributed by atoms with Crippen molar-refractivity contribution in [2.24, 2.45) is 5.73 Å². The van der Waals surface area contributed by atoms with E-state index in [-0.39, 0.29) is 0 Å². The highest BCUT2D eigenvalue weighted by Gasteiger charge is 1.57. The van der Waals surface area contributed by atoms with E-state index in [1.807, 2.05) is 31.2 Å². The van der Waals surface area contributed by atoms with E-state index in [9.17, 15) is 0 Å². The predicted octanol–water partition coefficient (Wildman–Crippen LogP) is 1.08. The standard InChI is InChI=1S/C6H11N/c1-2-3-4-5-6-7/h2-5H,6-7H2,1H3/b3-2+,5-4+. The highest BCUT2D eigenvalue weighted by molar-refractivity contribution is 5.01. The van der Waals surface area contributed by atoms with Crippen molar-refractivity contribution in [3.05, 3.63) is 24.3 Å². The smallest absolute Gasteiger partial charge is 0.0109 e. The van der Waals surface area contributed by atoms with Crippen LogP contribution in [0, 0.1) is 0 Å². The zero-order valence-corrected chi connectivity index (χ0v) is 4.59. The molecule has 7 heavy (non-hydrogen) atoms. The molecule has 0 atom stereocenters. The van der Waals surface area contributed by atoms with Crippen molar-refractivity contribution in [2.45, 2.75) is 6.92 Å². The molecule has 0 radical (unpaired) electrons. The molecule has 1 nitrogen and oxygen atoms in total. The highest BCUT2D eigenvalue weighted by Crippen LogP contribution is 1.71. The van der Waals surface area contributed by atoms with Gasteiger partial charge in [-0.3, -0.25) is 0 Å². The van der Waals surface area contributed by atoms with Crippen molar-refractivity contribution < 1.29 is 0 Å². The lowest BCUT2D eigenvalue weighted by molar-refractivity contribution is 1.25. The zero-order chi connectivity index (χ0) is 5.54. The topological polar surface area (TPSA) is 26.0 Å². The Morgan fingerprint density at radius 1 is 1.43 bits per heavy atom. The summed E-state index contributed by atoms with van der Waals surface area (Å²) in [5, 5.41) is 0. The van der Waals surface area contributed by atoms with E-state index in [4.69, 9.17) is 5.73 Å². The fourth-order valence-corrected chi connectivity index (χ4v) is 0.268. The Labute approximate surface area is 44.5 Å². The molecule has 0 saturated heterocycles. The molecule has 2 N–H and O–H groups in total. The van der Waals surface area contributed by atoms with Gasteiger partial charge in [-0.2, -0.15) is 0 Å². The van der Waals surface area contributed by atoms with Gasteiger partial charge in [0.1, 0.15) is 0 Å². The predicted molar refractivity (Wildman–Crippen MR) is 33.0 cm³/mol. The second-order valence-corrected chi connectivity index (χ2v) is 1.19. The van der Waals surface area contributed by atoms with Gasteiger partial charge in [-0.05, 0) is 6.92 Å². The first-order valence-corrected chi connectivity index (χ1v) is 2.39. The van der Waals surface area contributed by atoms with Gasteiger partial charge >= 0.3 is 0 Å². The molecule has 0 saturated carbocycles. The summed E-state index contributed by atoms with van der Waals surface area (Å²) in [6.45, 7) is 2.60. The molecule has 0 rings (SSSR count). The van der Waals surface area contributed by atoms with Crippen LogP contribution in [-0.2, 0) is 0 Å². The van der Waals surface area contributed by atoms with Crippen LogP contribution in [0.5, 0.6) is 0 Å². The van der Waals surface area contributed by atoms with Crippen LogP contribution in [0.15, 0.2) is 24.3 Å². The van der Waals surface area contributed by atoms with E-state index in [0.717, 1.165) is 0 Å². The summed E-state index contributed by atoms with van der Waals surface area (Å²) in [4.78, 5) is 0. The zero-order valence-electron chi connectivity index (χ0n) is 4.59. The Morgan fingerprint density at radius 2 is 2.14 bits per heavy atom. The third-order valence-electron chi connectivity index (χ3n) is 0.576. The third-order valence-corrected chi connectivity index (χ3v) is 0.576.